The van der Waals surface area contributed by atoms with Gasteiger partial charge in [0.25, 0.3) is 0 Å². The molecule has 2 atom stereocenters. The number of methoxy groups -OCH3 is 3. The molecule has 1 fully saturated rings. The number of allylic oxidation sites excluding steroid dienone is 3. The van der Waals surface area contributed by atoms with E-state index in [1.54, 1.807) is 6.08 Å². The van der Waals surface area contributed by atoms with Crippen molar-refractivity contribution in [2.75, 3.05) is 21.3 Å². The Morgan fingerprint density at radius 1 is 1.04 bits per heavy atom. The molecule has 0 unspecified atom stereocenters. The van der Waals surface area contributed by atoms with E-state index in [4.69, 9.17) is 14.2 Å². The van der Waals surface area contributed by atoms with Crippen LogP contribution in [0.5, 0.6) is 0 Å². The predicted molar refractivity (Wildman–Crippen MR) is 81.2 cm³/mol. The highest BCUT2D eigenvalue weighted by molar-refractivity contribution is 6.01. The van der Waals surface area contributed by atoms with Crippen LogP contribution in [0.4, 0.5) is 0 Å². The van der Waals surface area contributed by atoms with Crippen molar-refractivity contribution < 1.29 is 28.6 Å². The van der Waals surface area contributed by atoms with Gasteiger partial charge in [0, 0.05) is 0 Å². The average molecular weight is 322 g/mol. The first-order valence-electron chi connectivity index (χ1n) is 7.51. The van der Waals surface area contributed by atoms with E-state index in [9.17, 15) is 14.4 Å². The number of carbonyl (C=O) groups is 3. The van der Waals surface area contributed by atoms with Crippen LogP contribution in [0.1, 0.15) is 26.2 Å². The molecule has 0 N–H and O–H groups in total. The molecule has 0 bridgehead atoms. The summed E-state index contributed by atoms with van der Waals surface area (Å²) in [4.78, 5) is 36.3. The van der Waals surface area contributed by atoms with Crippen molar-refractivity contribution in [3.05, 3.63) is 23.3 Å². The minimum atomic E-state index is -1.30. The molecule has 0 aromatic rings. The fourth-order valence-electron chi connectivity index (χ4n) is 3.57. The molecule has 0 spiro atoms. The Hall–Kier alpha value is -2.11. The lowest BCUT2D eigenvalue weighted by molar-refractivity contribution is -0.168. The molecule has 0 saturated heterocycles. The third-order valence-corrected chi connectivity index (χ3v) is 4.81. The Labute approximate surface area is 135 Å². The zero-order chi connectivity index (χ0) is 17.2. The first-order chi connectivity index (χ1) is 10.9. The second-order valence-corrected chi connectivity index (χ2v) is 6.08. The van der Waals surface area contributed by atoms with Gasteiger partial charge in [-0.3, -0.25) is 14.4 Å². The second kappa shape index (κ2) is 6.56. The molecule has 1 saturated carbocycles. The molecule has 0 aliphatic heterocycles. The van der Waals surface area contributed by atoms with Gasteiger partial charge in [0.2, 0.25) is 0 Å². The molecule has 0 radical (unpaired) electrons. The van der Waals surface area contributed by atoms with Gasteiger partial charge in [-0.05, 0) is 32.1 Å². The van der Waals surface area contributed by atoms with Gasteiger partial charge < -0.3 is 14.2 Å². The van der Waals surface area contributed by atoms with Crippen LogP contribution in [0.25, 0.3) is 0 Å². The quantitative estimate of drug-likeness (QED) is 0.341. The van der Waals surface area contributed by atoms with Crippen molar-refractivity contribution in [1.29, 1.82) is 0 Å². The van der Waals surface area contributed by atoms with E-state index in [-0.39, 0.29) is 24.2 Å². The van der Waals surface area contributed by atoms with E-state index < -0.39 is 17.4 Å². The number of ether oxygens (including phenoxy) is 3. The van der Waals surface area contributed by atoms with Crippen molar-refractivity contribution >= 4 is 17.9 Å². The Kier molecular flexibility index (Phi) is 4.92. The topological polar surface area (TPSA) is 78.9 Å². The van der Waals surface area contributed by atoms with Crippen molar-refractivity contribution in [1.82, 2.24) is 0 Å². The van der Waals surface area contributed by atoms with Crippen molar-refractivity contribution in [3.63, 3.8) is 0 Å². The van der Waals surface area contributed by atoms with Crippen molar-refractivity contribution in [2.45, 2.75) is 26.2 Å². The number of hydrogen-bond acceptors (Lipinski definition) is 6. The van der Waals surface area contributed by atoms with Crippen LogP contribution in [-0.4, -0.2) is 39.2 Å². The highest BCUT2D eigenvalue weighted by atomic mass is 16.5. The van der Waals surface area contributed by atoms with Gasteiger partial charge in [0.05, 0.1) is 27.2 Å². The standard InChI is InChI=1S/C17H22O6/c1-10-7-11(14(18)21-2)5-6-12-8-17(9-13(10)12,15(19)22-3)16(20)23-4/h5-6,11-12H,7-9H2,1-4H3/t11-,12-/m1/s1. The molecule has 2 rings (SSSR count). The van der Waals surface area contributed by atoms with E-state index in [0.29, 0.717) is 12.8 Å². The van der Waals surface area contributed by atoms with Crippen molar-refractivity contribution in [2.24, 2.45) is 17.3 Å². The van der Waals surface area contributed by atoms with Crippen LogP contribution >= 0.6 is 0 Å². The molecule has 6 heteroatoms. The molecule has 0 amide bonds. The maximum Gasteiger partial charge on any atom is 0.323 e. The summed E-state index contributed by atoms with van der Waals surface area (Å²) in [5.41, 5.74) is 0.709. The summed E-state index contributed by atoms with van der Waals surface area (Å²) in [6.07, 6.45) is 4.77. The van der Waals surface area contributed by atoms with E-state index in [0.717, 1.165) is 11.1 Å². The van der Waals surface area contributed by atoms with Crippen LogP contribution in [0.3, 0.4) is 0 Å². The van der Waals surface area contributed by atoms with E-state index in [2.05, 4.69) is 0 Å². The van der Waals surface area contributed by atoms with E-state index >= 15 is 0 Å². The highest BCUT2D eigenvalue weighted by Gasteiger charge is 2.55. The van der Waals surface area contributed by atoms with Gasteiger partial charge in [0.1, 0.15) is 0 Å². The summed E-state index contributed by atoms with van der Waals surface area (Å²) in [6.45, 7) is 1.93. The molecule has 2 aliphatic rings. The van der Waals surface area contributed by atoms with Gasteiger partial charge in [-0.1, -0.05) is 23.3 Å². The monoisotopic (exact) mass is 322 g/mol. The van der Waals surface area contributed by atoms with Gasteiger partial charge >= 0.3 is 17.9 Å². The first kappa shape index (κ1) is 17.2. The Morgan fingerprint density at radius 2 is 1.65 bits per heavy atom. The lowest BCUT2D eigenvalue weighted by Gasteiger charge is -2.22. The van der Waals surface area contributed by atoms with E-state index in [1.807, 2.05) is 13.0 Å². The molecule has 0 aromatic heterocycles. The maximum absolute atomic E-state index is 12.2. The maximum atomic E-state index is 12.2. The normalized spacial score (nSPS) is 25.4. The molecular formula is C17H22O6. The van der Waals surface area contributed by atoms with Crippen LogP contribution in [-0.2, 0) is 28.6 Å². The third kappa shape index (κ3) is 2.90. The summed E-state index contributed by atoms with van der Waals surface area (Å²) >= 11 is 0. The molecule has 0 aromatic carbocycles. The summed E-state index contributed by atoms with van der Waals surface area (Å²) < 4.78 is 14.5. The molecule has 0 heterocycles. The zero-order valence-corrected chi connectivity index (χ0v) is 13.9. The minimum Gasteiger partial charge on any atom is -0.469 e. The number of rotatable bonds is 3. The van der Waals surface area contributed by atoms with Crippen LogP contribution in [0, 0.1) is 17.3 Å². The van der Waals surface area contributed by atoms with Gasteiger partial charge in [-0.25, -0.2) is 0 Å². The lowest BCUT2D eigenvalue weighted by atomic mass is 9.84. The SMILES string of the molecule is COC(=O)[C@@H]1C=C[C@@H]2CC(C(=O)OC)(C(=O)OC)CC2=C(C)C1. The molecule has 6 nitrogen and oxygen atoms in total. The largest absolute Gasteiger partial charge is 0.469 e. The van der Waals surface area contributed by atoms with Crippen LogP contribution in [0.2, 0.25) is 0 Å². The fraction of sp³-hybridized carbons (Fsp3) is 0.588. The number of hydrogen-bond donors (Lipinski definition) is 0. The Balaban J connectivity index is 2.37. The van der Waals surface area contributed by atoms with Crippen molar-refractivity contribution in [3.8, 4) is 0 Å². The fourth-order valence-corrected chi connectivity index (χ4v) is 3.57. The average Bonchev–Trinajstić information content (AvgIpc) is 2.90. The lowest BCUT2D eigenvalue weighted by Crippen LogP contribution is -2.39. The Bertz CT molecular complexity index is 570. The Morgan fingerprint density at radius 3 is 2.17 bits per heavy atom. The number of esters is 3. The number of fused-ring (bicyclic) bond motifs is 1. The van der Waals surface area contributed by atoms with Gasteiger partial charge in [-0.15, -0.1) is 0 Å². The highest BCUT2D eigenvalue weighted by Crippen LogP contribution is 2.50. The zero-order valence-electron chi connectivity index (χ0n) is 13.9. The van der Waals surface area contributed by atoms with Crippen LogP contribution < -0.4 is 0 Å². The van der Waals surface area contributed by atoms with Gasteiger partial charge in [-0.2, -0.15) is 0 Å². The summed E-state index contributed by atoms with van der Waals surface area (Å²) in [6, 6.07) is 0. The summed E-state index contributed by atoms with van der Waals surface area (Å²) in [7, 11) is 3.90. The number of carbonyl (C=O) groups excluding carboxylic acids is 3. The summed E-state index contributed by atoms with van der Waals surface area (Å²) in [5, 5.41) is 0. The molecule has 2 aliphatic carbocycles. The minimum absolute atomic E-state index is 0.0807. The summed E-state index contributed by atoms with van der Waals surface area (Å²) in [5.74, 6) is -1.84. The molecule has 126 valence electrons. The second-order valence-electron chi connectivity index (χ2n) is 6.08. The van der Waals surface area contributed by atoms with Gasteiger partial charge in [0.15, 0.2) is 5.41 Å². The van der Waals surface area contributed by atoms with Crippen LogP contribution in [0.15, 0.2) is 23.3 Å². The third-order valence-electron chi connectivity index (χ3n) is 4.81. The first-order valence-corrected chi connectivity index (χ1v) is 7.51. The van der Waals surface area contributed by atoms with E-state index in [1.165, 1.54) is 21.3 Å². The predicted octanol–water partition coefficient (Wildman–Crippen LogP) is 1.79. The molecule has 23 heavy (non-hydrogen) atoms. The molecular weight excluding hydrogens is 300 g/mol. The smallest absolute Gasteiger partial charge is 0.323 e.